The molecule has 0 aliphatic carbocycles. The number of ether oxygens (including phenoxy) is 1. The number of hydrogen-bond donors (Lipinski definition) is 3. The molecule has 2 amide bonds. The molecule has 0 aliphatic heterocycles. The van der Waals surface area contributed by atoms with Gasteiger partial charge in [-0.2, -0.15) is 0 Å². The average Bonchev–Trinajstić information content (AvgIpc) is 2.76. The van der Waals surface area contributed by atoms with Gasteiger partial charge in [0.2, 0.25) is 11.8 Å². The van der Waals surface area contributed by atoms with Crippen LogP contribution in [-0.2, 0) is 36.9 Å². The Hall–Kier alpha value is -3.52. The molecule has 0 spiro atoms. The van der Waals surface area contributed by atoms with Crippen LogP contribution in [0.1, 0.15) is 30.9 Å². The Morgan fingerprint density at radius 2 is 1.47 bits per heavy atom. The van der Waals surface area contributed by atoms with E-state index in [4.69, 9.17) is 9.84 Å². The predicted octanol–water partition coefficient (Wildman–Crippen LogP) is 1.87. The van der Waals surface area contributed by atoms with Gasteiger partial charge in [-0.3, -0.25) is 19.2 Å². The summed E-state index contributed by atoms with van der Waals surface area (Å²) in [4.78, 5) is 47.9. The van der Waals surface area contributed by atoms with Crippen molar-refractivity contribution in [3.05, 3.63) is 71.8 Å². The SMILES string of the molecule is CC(=O)N[C@@H](CC(=O)O)C(=O)NC(CCc1ccccc1)C(=O)COCc1ccccc1. The van der Waals surface area contributed by atoms with E-state index in [1.165, 1.54) is 6.92 Å². The molecular weight excluding hydrogens is 412 g/mol. The summed E-state index contributed by atoms with van der Waals surface area (Å²) in [6.07, 6.45) is 0.249. The van der Waals surface area contributed by atoms with Crippen LogP contribution in [-0.4, -0.2) is 47.4 Å². The summed E-state index contributed by atoms with van der Waals surface area (Å²) in [5.74, 6) is -2.83. The maximum Gasteiger partial charge on any atom is 0.305 e. The molecule has 8 heteroatoms. The van der Waals surface area contributed by atoms with Gasteiger partial charge in [0.25, 0.3) is 0 Å². The van der Waals surface area contributed by atoms with Gasteiger partial charge in [0.15, 0.2) is 5.78 Å². The number of hydrogen-bond acceptors (Lipinski definition) is 5. The predicted molar refractivity (Wildman–Crippen MR) is 118 cm³/mol. The third-order valence-electron chi connectivity index (χ3n) is 4.70. The molecule has 2 aromatic rings. The highest BCUT2D eigenvalue weighted by atomic mass is 16.5. The molecule has 170 valence electrons. The van der Waals surface area contributed by atoms with E-state index < -0.39 is 36.3 Å². The minimum atomic E-state index is -1.28. The number of Topliss-reactive ketones (excluding diaryl/α,β-unsaturated/α-hetero) is 1. The fraction of sp³-hybridized carbons (Fsp3) is 0.333. The van der Waals surface area contributed by atoms with E-state index in [-0.39, 0.29) is 19.0 Å². The van der Waals surface area contributed by atoms with Crippen molar-refractivity contribution in [3.63, 3.8) is 0 Å². The molecule has 2 atom stereocenters. The number of ketones is 1. The lowest BCUT2D eigenvalue weighted by Gasteiger charge is -2.22. The van der Waals surface area contributed by atoms with Crippen molar-refractivity contribution in [2.45, 2.75) is 44.9 Å². The first-order chi connectivity index (χ1) is 15.3. The number of amides is 2. The fourth-order valence-corrected chi connectivity index (χ4v) is 3.12. The van der Waals surface area contributed by atoms with Crippen molar-refractivity contribution < 1.29 is 29.0 Å². The Labute approximate surface area is 187 Å². The lowest BCUT2D eigenvalue weighted by molar-refractivity contribution is -0.141. The number of carboxylic acids is 1. The van der Waals surface area contributed by atoms with E-state index >= 15 is 0 Å². The Morgan fingerprint density at radius 3 is 2.03 bits per heavy atom. The number of nitrogens with one attached hydrogen (secondary N) is 2. The van der Waals surface area contributed by atoms with Crippen molar-refractivity contribution >= 4 is 23.6 Å². The van der Waals surface area contributed by atoms with Crippen LogP contribution in [0.5, 0.6) is 0 Å². The zero-order valence-corrected chi connectivity index (χ0v) is 18.0. The second-order valence-corrected chi connectivity index (χ2v) is 7.38. The van der Waals surface area contributed by atoms with E-state index in [1.54, 1.807) is 0 Å². The molecule has 0 aromatic heterocycles. The van der Waals surface area contributed by atoms with Crippen LogP contribution in [0.2, 0.25) is 0 Å². The molecule has 0 heterocycles. The minimum Gasteiger partial charge on any atom is -0.481 e. The molecule has 2 rings (SSSR count). The minimum absolute atomic E-state index is 0.210. The molecule has 0 saturated carbocycles. The first-order valence-corrected chi connectivity index (χ1v) is 10.3. The maximum atomic E-state index is 12.8. The van der Waals surface area contributed by atoms with Crippen LogP contribution >= 0.6 is 0 Å². The molecule has 0 fully saturated rings. The Morgan fingerprint density at radius 1 is 0.875 bits per heavy atom. The van der Waals surface area contributed by atoms with Gasteiger partial charge in [-0.15, -0.1) is 0 Å². The molecule has 0 bridgehead atoms. The first-order valence-electron chi connectivity index (χ1n) is 10.3. The van der Waals surface area contributed by atoms with Gasteiger partial charge in [-0.05, 0) is 24.0 Å². The van der Waals surface area contributed by atoms with Gasteiger partial charge in [-0.25, -0.2) is 0 Å². The lowest BCUT2D eigenvalue weighted by Crippen LogP contribution is -2.52. The van der Waals surface area contributed by atoms with Crippen molar-refractivity contribution in [1.82, 2.24) is 10.6 Å². The van der Waals surface area contributed by atoms with Crippen LogP contribution in [0.25, 0.3) is 0 Å². The monoisotopic (exact) mass is 440 g/mol. The third kappa shape index (κ3) is 9.09. The highest BCUT2D eigenvalue weighted by Gasteiger charge is 2.27. The molecule has 3 N–H and O–H groups in total. The second-order valence-electron chi connectivity index (χ2n) is 7.38. The number of aliphatic carboxylic acids is 1. The number of rotatable bonds is 13. The van der Waals surface area contributed by atoms with E-state index in [2.05, 4.69) is 10.6 Å². The second kappa shape index (κ2) is 13.0. The summed E-state index contributed by atoms with van der Waals surface area (Å²) in [7, 11) is 0. The summed E-state index contributed by atoms with van der Waals surface area (Å²) >= 11 is 0. The lowest BCUT2D eigenvalue weighted by atomic mass is 10.0. The molecular formula is C24H28N2O6. The van der Waals surface area contributed by atoms with E-state index in [9.17, 15) is 19.2 Å². The smallest absolute Gasteiger partial charge is 0.305 e. The van der Waals surface area contributed by atoms with Crippen LogP contribution in [0, 0.1) is 0 Å². The number of carbonyl (C=O) groups is 4. The Kier molecular flexibility index (Phi) is 10.1. The highest BCUT2D eigenvalue weighted by Crippen LogP contribution is 2.08. The quantitative estimate of drug-likeness (QED) is 0.437. The summed E-state index contributed by atoms with van der Waals surface area (Å²) in [5.41, 5.74) is 1.91. The van der Waals surface area contributed by atoms with Gasteiger partial charge in [0.05, 0.1) is 19.1 Å². The maximum absolute atomic E-state index is 12.8. The first kappa shape index (κ1) is 24.7. The highest BCUT2D eigenvalue weighted by molar-refractivity contribution is 5.94. The Balaban J connectivity index is 2.03. The summed E-state index contributed by atoms with van der Waals surface area (Å²) in [6, 6.07) is 16.7. The van der Waals surface area contributed by atoms with E-state index in [0.29, 0.717) is 12.8 Å². The third-order valence-corrected chi connectivity index (χ3v) is 4.70. The van der Waals surface area contributed by atoms with Crippen LogP contribution < -0.4 is 10.6 Å². The molecule has 0 saturated heterocycles. The van der Waals surface area contributed by atoms with Gasteiger partial charge in [-0.1, -0.05) is 60.7 Å². The van der Waals surface area contributed by atoms with Crippen molar-refractivity contribution in [2.24, 2.45) is 0 Å². The summed E-state index contributed by atoms with van der Waals surface area (Å²) < 4.78 is 5.52. The fourth-order valence-electron chi connectivity index (χ4n) is 3.12. The van der Waals surface area contributed by atoms with Gasteiger partial charge in [0, 0.05) is 6.92 Å². The molecule has 2 aromatic carbocycles. The van der Waals surface area contributed by atoms with E-state index in [0.717, 1.165) is 11.1 Å². The summed E-state index contributed by atoms with van der Waals surface area (Å²) in [6.45, 7) is 1.23. The van der Waals surface area contributed by atoms with E-state index in [1.807, 2.05) is 60.7 Å². The number of carboxylic acid groups (broad SMARTS) is 1. The average molecular weight is 440 g/mol. The molecule has 0 radical (unpaired) electrons. The topological polar surface area (TPSA) is 122 Å². The number of carbonyl (C=O) groups excluding carboxylic acids is 3. The van der Waals surface area contributed by atoms with Crippen LogP contribution in [0.15, 0.2) is 60.7 Å². The molecule has 1 unspecified atom stereocenters. The molecule has 32 heavy (non-hydrogen) atoms. The summed E-state index contributed by atoms with van der Waals surface area (Å²) in [5, 5.41) is 14.0. The zero-order valence-electron chi connectivity index (χ0n) is 18.0. The van der Waals surface area contributed by atoms with Gasteiger partial charge < -0.3 is 20.5 Å². The normalized spacial score (nSPS) is 12.4. The van der Waals surface area contributed by atoms with Gasteiger partial charge >= 0.3 is 5.97 Å². The van der Waals surface area contributed by atoms with Gasteiger partial charge in [0.1, 0.15) is 12.6 Å². The number of benzene rings is 2. The molecule has 0 aliphatic rings. The van der Waals surface area contributed by atoms with Crippen LogP contribution in [0.3, 0.4) is 0 Å². The van der Waals surface area contributed by atoms with Crippen molar-refractivity contribution in [3.8, 4) is 0 Å². The van der Waals surface area contributed by atoms with Crippen molar-refractivity contribution in [1.29, 1.82) is 0 Å². The van der Waals surface area contributed by atoms with Crippen LogP contribution in [0.4, 0.5) is 0 Å². The molecule has 8 nitrogen and oxygen atoms in total. The Bertz CT molecular complexity index is 885. The van der Waals surface area contributed by atoms with Crippen molar-refractivity contribution in [2.75, 3.05) is 6.61 Å². The number of aryl methyl sites for hydroxylation is 1. The zero-order chi connectivity index (χ0) is 23.3. The largest absolute Gasteiger partial charge is 0.481 e. The standard InChI is InChI=1S/C24H28N2O6/c1-17(27)25-21(14-23(29)30)24(31)26-20(13-12-18-8-4-2-5-9-18)22(28)16-32-15-19-10-6-3-7-11-19/h2-11,20-21H,12-16H2,1H3,(H,25,27)(H,26,31)(H,29,30)/t20?,21-/m0/s1.